The molecule has 2 nitrogen and oxygen atoms in total. The molecule has 0 aliphatic carbocycles. The zero-order valence-corrected chi connectivity index (χ0v) is 8.66. The predicted octanol–water partition coefficient (Wildman–Crippen LogP) is 1.86. The predicted molar refractivity (Wildman–Crippen MR) is 56.3 cm³/mol. The van der Waals surface area contributed by atoms with Crippen LogP contribution in [0.4, 0.5) is 4.39 Å². The number of hydrogen-bond donors (Lipinski definition) is 1. The standard InChI is InChI=1S/C12H14FNO/c1-8-6-14-7-11(8)12(15)9-3-2-4-10(13)5-9/h2-5,8,11,14H,6-7H2,1H3. The zero-order valence-electron chi connectivity index (χ0n) is 8.66. The summed E-state index contributed by atoms with van der Waals surface area (Å²) in [5.41, 5.74) is 0.482. The number of Topliss-reactive ketones (excluding diaryl/α,β-unsaturated/α-hetero) is 1. The van der Waals surface area contributed by atoms with Crippen LogP contribution < -0.4 is 5.32 Å². The summed E-state index contributed by atoms with van der Waals surface area (Å²) in [5, 5.41) is 3.17. The Bertz CT molecular complexity index is 378. The molecule has 15 heavy (non-hydrogen) atoms. The Kier molecular flexibility index (Phi) is 2.82. The fourth-order valence-electron chi connectivity index (χ4n) is 2.02. The average molecular weight is 207 g/mol. The first-order valence-electron chi connectivity index (χ1n) is 5.19. The van der Waals surface area contributed by atoms with E-state index in [-0.39, 0.29) is 17.5 Å². The molecule has 1 aromatic carbocycles. The van der Waals surface area contributed by atoms with Crippen LogP contribution in [0.2, 0.25) is 0 Å². The van der Waals surface area contributed by atoms with E-state index >= 15 is 0 Å². The molecule has 1 aliphatic rings. The van der Waals surface area contributed by atoms with Crippen molar-refractivity contribution < 1.29 is 9.18 Å². The molecule has 0 spiro atoms. The Hall–Kier alpha value is -1.22. The Morgan fingerprint density at radius 1 is 1.47 bits per heavy atom. The van der Waals surface area contributed by atoms with Crippen LogP contribution in [0.5, 0.6) is 0 Å². The maximum Gasteiger partial charge on any atom is 0.167 e. The lowest BCUT2D eigenvalue weighted by atomic mass is 9.90. The Balaban J connectivity index is 2.20. The molecule has 3 heteroatoms. The summed E-state index contributed by atoms with van der Waals surface area (Å²) in [6.45, 7) is 3.62. The number of nitrogens with one attached hydrogen (secondary N) is 1. The van der Waals surface area contributed by atoms with Crippen LogP contribution in [0.25, 0.3) is 0 Å². The molecule has 1 saturated heterocycles. The molecular weight excluding hydrogens is 193 g/mol. The summed E-state index contributed by atoms with van der Waals surface area (Å²) in [4.78, 5) is 12.0. The van der Waals surface area contributed by atoms with Gasteiger partial charge in [-0.3, -0.25) is 4.79 Å². The highest BCUT2D eigenvalue weighted by atomic mass is 19.1. The van der Waals surface area contributed by atoms with Gasteiger partial charge >= 0.3 is 0 Å². The molecule has 1 heterocycles. The first kappa shape index (κ1) is 10.3. The van der Waals surface area contributed by atoms with Gasteiger partial charge in [0, 0.05) is 18.0 Å². The Labute approximate surface area is 88.5 Å². The topological polar surface area (TPSA) is 29.1 Å². The van der Waals surface area contributed by atoms with E-state index in [1.165, 1.54) is 12.1 Å². The first-order valence-corrected chi connectivity index (χ1v) is 5.19. The average Bonchev–Trinajstić information content (AvgIpc) is 2.63. The molecule has 2 unspecified atom stereocenters. The van der Waals surface area contributed by atoms with Crippen LogP contribution in [-0.4, -0.2) is 18.9 Å². The number of ketones is 1. The second-order valence-corrected chi connectivity index (χ2v) is 4.12. The zero-order chi connectivity index (χ0) is 10.8. The highest BCUT2D eigenvalue weighted by molar-refractivity contribution is 5.98. The van der Waals surface area contributed by atoms with E-state index < -0.39 is 0 Å². The Morgan fingerprint density at radius 2 is 2.27 bits per heavy atom. The van der Waals surface area contributed by atoms with Crippen molar-refractivity contribution in [2.45, 2.75) is 6.92 Å². The summed E-state index contributed by atoms with van der Waals surface area (Å²) >= 11 is 0. The number of hydrogen-bond acceptors (Lipinski definition) is 2. The third-order valence-corrected chi connectivity index (χ3v) is 2.96. The molecule has 2 rings (SSSR count). The third kappa shape index (κ3) is 2.07. The lowest BCUT2D eigenvalue weighted by molar-refractivity contribution is 0.0907. The van der Waals surface area contributed by atoms with Gasteiger partial charge in [0.05, 0.1) is 0 Å². The summed E-state index contributed by atoms with van der Waals surface area (Å²) in [5.74, 6) is 0.0269. The van der Waals surface area contributed by atoms with Crippen molar-refractivity contribution in [3.63, 3.8) is 0 Å². The molecule has 80 valence electrons. The fourth-order valence-corrected chi connectivity index (χ4v) is 2.02. The quantitative estimate of drug-likeness (QED) is 0.750. The van der Waals surface area contributed by atoms with Crippen molar-refractivity contribution in [2.75, 3.05) is 13.1 Å². The van der Waals surface area contributed by atoms with Crippen LogP contribution in [0.1, 0.15) is 17.3 Å². The minimum absolute atomic E-state index is 0.00759. The van der Waals surface area contributed by atoms with Crippen LogP contribution in [-0.2, 0) is 0 Å². The summed E-state index contributed by atoms with van der Waals surface area (Å²) in [7, 11) is 0. The molecule has 0 aromatic heterocycles. The second-order valence-electron chi connectivity index (χ2n) is 4.12. The lowest BCUT2D eigenvalue weighted by Crippen LogP contribution is -2.21. The van der Waals surface area contributed by atoms with Crippen LogP contribution in [0.15, 0.2) is 24.3 Å². The largest absolute Gasteiger partial charge is 0.316 e. The second kappa shape index (κ2) is 4.11. The minimum Gasteiger partial charge on any atom is -0.316 e. The molecule has 0 amide bonds. The summed E-state index contributed by atoms with van der Waals surface area (Å²) < 4.78 is 12.9. The highest BCUT2D eigenvalue weighted by Crippen LogP contribution is 2.21. The lowest BCUT2D eigenvalue weighted by Gasteiger charge is -2.12. The van der Waals surface area contributed by atoms with Gasteiger partial charge in [0.2, 0.25) is 0 Å². The van der Waals surface area contributed by atoms with E-state index in [1.807, 2.05) is 6.92 Å². The maximum atomic E-state index is 12.9. The highest BCUT2D eigenvalue weighted by Gasteiger charge is 2.30. The normalized spacial score (nSPS) is 25.5. The number of carbonyl (C=O) groups excluding carboxylic acids is 1. The molecular formula is C12H14FNO. The van der Waals surface area contributed by atoms with Gasteiger partial charge in [0.1, 0.15) is 5.82 Å². The SMILES string of the molecule is CC1CNCC1C(=O)c1cccc(F)c1. The molecule has 1 fully saturated rings. The van der Waals surface area contributed by atoms with Crippen LogP contribution in [0.3, 0.4) is 0 Å². The number of rotatable bonds is 2. The van der Waals surface area contributed by atoms with Crippen LogP contribution >= 0.6 is 0 Å². The number of benzene rings is 1. The molecule has 1 N–H and O–H groups in total. The van der Waals surface area contributed by atoms with E-state index in [2.05, 4.69) is 5.32 Å². The van der Waals surface area contributed by atoms with E-state index in [0.29, 0.717) is 18.0 Å². The van der Waals surface area contributed by atoms with Gasteiger partial charge in [-0.25, -0.2) is 4.39 Å². The van der Waals surface area contributed by atoms with Gasteiger partial charge in [-0.15, -0.1) is 0 Å². The van der Waals surface area contributed by atoms with Gasteiger partial charge in [-0.2, -0.15) is 0 Å². The smallest absolute Gasteiger partial charge is 0.167 e. The van der Waals surface area contributed by atoms with Crippen molar-refractivity contribution in [1.29, 1.82) is 0 Å². The maximum absolute atomic E-state index is 12.9. The van der Waals surface area contributed by atoms with Gasteiger partial charge in [-0.1, -0.05) is 19.1 Å². The van der Waals surface area contributed by atoms with Crippen molar-refractivity contribution in [1.82, 2.24) is 5.32 Å². The number of carbonyl (C=O) groups is 1. The molecule has 1 aromatic rings. The van der Waals surface area contributed by atoms with Crippen molar-refractivity contribution in [3.8, 4) is 0 Å². The molecule has 0 bridgehead atoms. The Morgan fingerprint density at radius 3 is 2.87 bits per heavy atom. The summed E-state index contributed by atoms with van der Waals surface area (Å²) in [6.07, 6.45) is 0. The van der Waals surface area contributed by atoms with Crippen molar-refractivity contribution in [3.05, 3.63) is 35.6 Å². The summed E-state index contributed by atoms with van der Waals surface area (Å²) in [6, 6.07) is 5.92. The first-order chi connectivity index (χ1) is 7.18. The van der Waals surface area contributed by atoms with E-state index in [9.17, 15) is 9.18 Å². The molecule has 0 saturated carbocycles. The fraction of sp³-hybridized carbons (Fsp3) is 0.417. The molecule has 0 radical (unpaired) electrons. The van der Waals surface area contributed by atoms with Gasteiger partial charge in [-0.05, 0) is 24.6 Å². The molecule has 2 atom stereocenters. The minimum atomic E-state index is -0.348. The van der Waals surface area contributed by atoms with Crippen molar-refractivity contribution in [2.24, 2.45) is 11.8 Å². The van der Waals surface area contributed by atoms with Gasteiger partial charge in [0.25, 0.3) is 0 Å². The monoisotopic (exact) mass is 207 g/mol. The van der Waals surface area contributed by atoms with Gasteiger partial charge < -0.3 is 5.32 Å². The third-order valence-electron chi connectivity index (χ3n) is 2.96. The van der Waals surface area contributed by atoms with E-state index in [1.54, 1.807) is 12.1 Å². The molecule has 1 aliphatic heterocycles. The van der Waals surface area contributed by atoms with E-state index in [4.69, 9.17) is 0 Å². The number of halogens is 1. The van der Waals surface area contributed by atoms with Crippen LogP contribution in [0, 0.1) is 17.7 Å². The van der Waals surface area contributed by atoms with Crippen molar-refractivity contribution >= 4 is 5.78 Å². The van der Waals surface area contributed by atoms with E-state index in [0.717, 1.165) is 6.54 Å². The van der Waals surface area contributed by atoms with Gasteiger partial charge in [0.15, 0.2) is 5.78 Å².